The van der Waals surface area contributed by atoms with Gasteiger partial charge in [-0.1, -0.05) is 32.0 Å². The van der Waals surface area contributed by atoms with E-state index in [1.807, 2.05) is 44.2 Å². The summed E-state index contributed by atoms with van der Waals surface area (Å²) >= 11 is 0. The number of nitrogens with zero attached hydrogens (tertiary/aromatic N) is 2. The van der Waals surface area contributed by atoms with Crippen LogP contribution in [0.1, 0.15) is 20.3 Å². The molecule has 26 heavy (non-hydrogen) atoms. The first-order chi connectivity index (χ1) is 12.4. The summed E-state index contributed by atoms with van der Waals surface area (Å²) in [6.45, 7) is 8.20. The van der Waals surface area contributed by atoms with Gasteiger partial charge in [-0.25, -0.2) is 8.42 Å². The second kappa shape index (κ2) is 10.0. The van der Waals surface area contributed by atoms with Crippen molar-refractivity contribution < 1.29 is 17.9 Å². The van der Waals surface area contributed by atoms with Crippen molar-refractivity contribution in [3.8, 4) is 0 Å². The molecule has 1 aliphatic rings. The highest BCUT2D eigenvalue weighted by atomic mass is 32.2. The van der Waals surface area contributed by atoms with E-state index < -0.39 is 9.84 Å². The first-order valence-electron chi connectivity index (χ1n) is 9.23. The monoisotopic (exact) mass is 382 g/mol. The van der Waals surface area contributed by atoms with Crippen molar-refractivity contribution in [1.29, 1.82) is 0 Å². The molecule has 0 N–H and O–H groups in total. The molecule has 0 aliphatic carbocycles. The summed E-state index contributed by atoms with van der Waals surface area (Å²) in [5.41, 5.74) is 0.812. The van der Waals surface area contributed by atoms with E-state index in [1.165, 1.54) is 0 Å². The van der Waals surface area contributed by atoms with Crippen LogP contribution in [0.25, 0.3) is 0 Å². The predicted octanol–water partition coefficient (Wildman–Crippen LogP) is 1.81. The summed E-state index contributed by atoms with van der Waals surface area (Å²) in [5.74, 6) is -0.0388. The molecule has 1 amide bonds. The standard InChI is InChI=1S/C19H30N2O4S/c1-17(2)16-26(23,24)15-8-19(22)21(18-6-4-3-5-7-18)10-9-20-11-13-25-14-12-20/h3-7,17H,8-16H2,1-2H3. The summed E-state index contributed by atoms with van der Waals surface area (Å²) in [6.07, 6.45) is 0.0209. The number of hydrogen-bond acceptors (Lipinski definition) is 5. The van der Waals surface area contributed by atoms with Gasteiger partial charge in [-0.15, -0.1) is 0 Å². The molecule has 7 heteroatoms. The van der Waals surface area contributed by atoms with E-state index in [2.05, 4.69) is 4.90 Å². The first-order valence-corrected chi connectivity index (χ1v) is 11.1. The molecule has 0 bridgehead atoms. The zero-order chi connectivity index (χ0) is 19.0. The lowest BCUT2D eigenvalue weighted by Gasteiger charge is -2.30. The normalized spacial score (nSPS) is 16.0. The van der Waals surface area contributed by atoms with E-state index in [0.29, 0.717) is 19.8 Å². The number of hydrogen-bond donors (Lipinski definition) is 0. The Morgan fingerprint density at radius 2 is 1.85 bits per heavy atom. The summed E-state index contributed by atoms with van der Waals surface area (Å²) in [5, 5.41) is 0. The molecule has 1 aromatic rings. The Kier molecular flexibility index (Phi) is 8.06. The SMILES string of the molecule is CC(C)CS(=O)(=O)CCC(=O)N(CCN1CCOCC1)c1ccccc1. The van der Waals surface area contributed by atoms with Gasteiger partial charge in [0.05, 0.1) is 24.7 Å². The molecule has 0 radical (unpaired) electrons. The van der Waals surface area contributed by atoms with Crippen molar-refractivity contribution in [3.63, 3.8) is 0 Å². The third-order valence-electron chi connectivity index (χ3n) is 4.33. The molecule has 0 aromatic heterocycles. The number of ether oxygens (including phenoxy) is 1. The lowest BCUT2D eigenvalue weighted by molar-refractivity contribution is -0.118. The maximum absolute atomic E-state index is 12.8. The van der Waals surface area contributed by atoms with Crippen LogP contribution in [-0.2, 0) is 19.4 Å². The van der Waals surface area contributed by atoms with Crippen molar-refractivity contribution in [2.24, 2.45) is 5.92 Å². The lowest BCUT2D eigenvalue weighted by atomic mass is 10.2. The van der Waals surface area contributed by atoms with Crippen LogP contribution in [0.3, 0.4) is 0 Å². The van der Waals surface area contributed by atoms with Crippen molar-refractivity contribution in [2.75, 3.05) is 55.8 Å². The molecular formula is C19H30N2O4S. The predicted molar refractivity (Wildman–Crippen MR) is 104 cm³/mol. The summed E-state index contributed by atoms with van der Waals surface area (Å²) in [7, 11) is -3.20. The minimum absolute atomic E-state index is 0.0209. The molecule has 1 heterocycles. The van der Waals surface area contributed by atoms with Crippen molar-refractivity contribution in [3.05, 3.63) is 30.3 Å². The van der Waals surface area contributed by atoms with Crippen LogP contribution in [0, 0.1) is 5.92 Å². The smallest absolute Gasteiger partial charge is 0.228 e. The van der Waals surface area contributed by atoms with E-state index in [9.17, 15) is 13.2 Å². The van der Waals surface area contributed by atoms with Crippen LogP contribution in [-0.4, -0.2) is 70.1 Å². The van der Waals surface area contributed by atoms with Crippen LogP contribution < -0.4 is 4.90 Å². The van der Waals surface area contributed by atoms with Gasteiger partial charge in [-0.2, -0.15) is 0 Å². The molecule has 0 unspecified atom stereocenters. The molecule has 1 aliphatic heterocycles. The van der Waals surface area contributed by atoms with E-state index in [0.717, 1.165) is 25.3 Å². The zero-order valence-electron chi connectivity index (χ0n) is 15.8. The topological polar surface area (TPSA) is 66.9 Å². The lowest BCUT2D eigenvalue weighted by Crippen LogP contribution is -2.43. The van der Waals surface area contributed by atoms with Crippen LogP contribution in [0.2, 0.25) is 0 Å². The summed E-state index contributed by atoms with van der Waals surface area (Å²) < 4.78 is 29.6. The van der Waals surface area contributed by atoms with Gasteiger partial charge in [0.25, 0.3) is 0 Å². The number of para-hydroxylation sites is 1. The Balaban J connectivity index is 1.99. The first kappa shape index (κ1) is 20.9. The molecule has 0 spiro atoms. The number of carbonyl (C=O) groups is 1. The number of anilines is 1. The molecule has 0 atom stereocenters. The van der Waals surface area contributed by atoms with E-state index in [1.54, 1.807) is 4.90 Å². The number of amides is 1. The highest BCUT2D eigenvalue weighted by molar-refractivity contribution is 7.91. The van der Waals surface area contributed by atoms with E-state index in [-0.39, 0.29) is 29.8 Å². The summed E-state index contributed by atoms with van der Waals surface area (Å²) in [4.78, 5) is 16.7. The fraction of sp³-hybridized carbons (Fsp3) is 0.632. The van der Waals surface area contributed by atoms with Gasteiger partial charge >= 0.3 is 0 Å². The van der Waals surface area contributed by atoms with Gasteiger partial charge in [0.15, 0.2) is 9.84 Å². The minimum atomic E-state index is -3.20. The van der Waals surface area contributed by atoms with E-state index >= 15 is 0 Å². The number of morpholine rings is 1. The van der Waals surface area contributed by atoms with Crippen LogP contribution >= 0.6 is 0 Å². The molecule has 1 fully saturated rings. The average Bonchev–Trinajstić information content (AvgIpc) is 2.61. The minimum Gasteiger partial charge on any atom is -0.379 e. The molecule has 146 valence electrons. The Morgan fingerprint density at radius 3 is 2.46 bits per heavy atom. The Bertz CT molecular complexity index is 655. The highest BCUT2D eigenvalue weighted by Gasteiger charge is 2.21. The Morgan fingerprint density at radius 1 is 1.19 bits per heavy atom. The molecule has 1 saturated heterocycles. The van der Waals surface area contributed by atoms with E-state index in [4.69, 9.17) is 4.74 Å². The third kappa shape index (κ3) is 7.05. The second-order valence-electron chi connectivity index (χ2n) is 7.09. The fourth-order valence-corrected chi connectivity index (χ4v) is 4.71. The number of sulfone groups is 1. The summed E-state index contributed by atoms with van der Waals surface area (Å²) in [6, 6.07) is 9.46. The van der Waals surface area contributed by atoms with Crippen molar-refractivity contribution in [1.82, 2.24) is 4.90 Å². The van der Waals surface area contributed by atoms with Gasteiger partial charge < -0.3 is 9.64 Å². The molecule has 2 rings (SSSR count). The van der Waals surface area contributed by atoms with Crippen LogP contribution in [0.5, 0.6) is 0 Å². The Hall–Kier alpha value is -1.44. The zero-order valence-corrected chi connectivity index (χ0v) is 16.6. The van der Waals surface area contributed by atoms with Crippen LogP contribution in [0.15, 0.2) is 30.3 Å². The quantitative estimate of drug-likeness (QED) is 0.652. The largest absolute Gasteiger partial charge is 0.379 e. The molecule has 6 nitrogen and oxygen atoms in total. The van der Waals surface area contributed by atoms with Gasteiger partial charge in [0.2, 0.25) is 5.91 Å². The maximum Gasteiger partial charge on any atom is 0.228 e. The fourth-order valence-electron chi connectivity index (χ4n) is 3.04. The molecular weight excluding hydrogens is 352 g/mol. The molecule has 0 saturated carbocycles. The van der Waals surface area contributed by atoms with Crippen molar-refractivity contribution >= 4 is 21.4 Å². The molecule has 1 aromatic carbocycles. The van der Waals surface area contributed by atoms with Gasteiger partial charge in [0.1, 0.15) is 0 Å². The van der Waals surface area contributed by atoms with Gasteiger partial charge in [-0.05, 0) is 18.1 Å². The average molecular weight is 383 g/mol. The third-order valence-corrected chi connectivity index (χ3v) is 6.33. The van der Waals surface area contributed by atoms with Gasteiger partial charge in [-0.3, -0.25) is 9.69 Å². The maximum atomic E-state index is 12.8. The van der Waals surface area contributed by atoms with Crippen molar-refractivity contribution in [2.45, 2.75) is 20.3 Å². The number of rotatable bonds is 9. The number of carbonyl (C=O) groups excluding carboxylic acids is 1. The second-order valence-corrected chi connectivity index (χ2v) is 9.32. The Labute approximate surface area is 157 Å². The number of benzene rings is 1. The highest BCUT2D eigenvalue weighted by Crippen LogP contribution is 2.15. The van der Waals surface area contributed by atoms with Crippen LogP contribution in [0.4, 0.5) is 5.69 Å². The van der Waals surface area contributed by atoms with Gasteiger partial charge in [0, 0.05) is 38.3 Å².